The fourth-order valence-corrected chi connectivity index (χ4v) is 5.67. The molecule has 2 fully saturated rings. The topological polar surface area (TPSA) is 79.8 Å². The number of pyridine rings is 1. The van der Waals surface area contributed by atoms with E-state index in [1.54, 1.807) is 0 Å². The molecule has 14 heteroatoms. The Morgan fingerprint density at radius 1 is 0.971 bits per heavy atom. The van der Waals surface area contributed by atoms with Crippen LogP contribution in [0.1, 0.15) is 24.0 Å². The summed E-state index contributed by atoms with van der Waals surface area (Å²) in [6.45, 7) is 0.0356. The number of sulfonamides is 1. The van der Waals surface area contributed by atoms with Crippen molar-refractivity contribution in [3.05, 3.63) is 53.7 Å². The lowest BCUT2D eigenvalue weighted by Crippen LogP contribution is -2.41. The number of fused-ring (bicyclic) bond motifs is 1. The molecule has 35 heavy (non-hydrogen) atoms. The first kappa shape index (κ1) is 25.2. The van der Waals surface area contributed by atoms with Crippen LogP contribution in [0.2, 0.25) is 0 Å². The largest absolute Gasteiger partial charge is 0.464 e. The van der Waals surface area contributed by atoms with Crippen molar-refractivity contribution in [2.45, 2.75) is 42.2 Å². The van der Waals surface area contributed by atoms with Gasteiger partial charge in [-0.15, -0.1) is 0 Å². The second kappa shape index (κ2) is 8.97. The number of halogens is 6. The number of hydrogen-bond donors (Lipinski definition) is 0. The molecule has 2 aliphatic rings. The number of hydrogen-bond acceptors (Lipinski definition) is 5. The molecule has 2 aromatic rings. The number of ether oxygens (including phenoxy) is 1. The minimum absolute atomic E-state index is 0.00480. The standard InChI is InChI=1S/C21H19F6N3O4S/c22-20(23,24)13-3-1-4-16(9-13)35(32,33)29-7-2-8-30-15(12-29)10-17(19(30)31)34-18-6-5-14(11-28-18)21(25,26)27/h1,3-6,9,11,15,17H,2,7-8,10,12H2/t15-,17-/m0/s1. The van der Waals surface area contributed by atoms with Crippen LogP contribution < -0.4 is 4.74 Å². The molecule has 3 heterocycles. The molecule has 2 saturated heterocycles. The Morgan fingerprint density at radius 3 is 2.31 bits per heavy atom. The first-order chi connectivity index (χ1) is 16.3. The number of nitrogens with zero attached hydrogens (tertiary/aromatic N) is 3. The molecule has 2 atom stereocenters. The average Bonchev–Trinajstić information content (AvgIpc) is 2.94. The summed E-state index contributed by atoms with van der Waals surface area (Å²) in [5.74, 6) is -0.655. The van der Waals surface area contributed by atoms with Crippen molar-refractivity contribution < 1.29 is 44.3 Å². The number of benzene rings is 1. The van der Waals surface area contributed by atoms with Crippen molar-refractivity contribution in [2.75, 3.05) is 19.6 Å². The summed E-state index contributed by atoms with van der Waals surface area (Å²) in [6.07, 6.45) is -9.52. The van der Waals surface area contributed by atoms with Crippen LogP contribution >= 0.6 is 0 Å². The van der Waals surface area contributed by atoms with Crippen molar-refractivity contribution in [3.63, 3.8) is 0 Å². The Morgan fingerprint density at radius 2 is 1.69 bits per heavy atom. The minimum Gasteiger partial charge on any atom is -0.464 e. The van der Waals surface area contributed by atoms with E-state index in [1.165, 1.54) is 4.90 Å². The number of carbonyl (C=O) groups excluding carboxylic acids is 1. The molecule has 0 aliphatic carbocycles. The van der Waals surface area contributed by atoms with E-state index in [1.807, 2.05) is 0 Å². The van der Waals surface area contributed by atoms with Gasteiger partial charge in [-0.05, 0) is 30.7 Å². The molecule has 0 spiro atoms. The molecule has 7 nitrogen and oxygen atoms in total. The maximum Gasteiger partial charge on any atom is 0.417 e. The van der Waals surface area contributed by atoms with Gasteiger partial charge in [0.2, 0.25) is 15.9 Å². The molecule has 0 saturated carbocycles. The third kappa shape index (κ3) is 5.22. The summed E-state index contributed by atoms with van der Waals surface area (Å²) in [7, 11) is -4.28. The van der Waals surface area contributed by atoms with Crippen LogP contribution in [-0.2, 0) is 27.2 Å². The number of carbonyl (C=O) groups is 1. The van der Waals surface area contributed by atoms with E-state index in [9.17, 15) is 39.6 Å². The molecular formula is C21H19F6N3O4S. The second-order valence-corrected chi connectivity index (χ2v) is 10.1. The lowest BCUT2D eigenvalue weighted by molar-refractivity contribution is -0.138. The first-order valence-electron chi connectivity index (χ1n) is 10.4. The predicted octanol–water partition coefficient (Wildman–Crippen LogP) is 3.56. The minimum atomic E-state index is -4.71. The molecule has 0 N–H and O–H groups in total. The second-order valence-electron chi connectivity index (χ2n) is 8.15. The smallest absolute Gasteiger partial charge is 0.417 e. The fourth-order valence-electron chi connectivity index (χ4n) is 4.11. The molecular weight excluding hydrogens is 504 g/mol. The monoisotopic (exact) mass is 523 g/mol. The first-order valence-corrected chi connectivity index (χ1v) is 11.9. The van der Waals surface area contributed by atoms with E-state index < -0.39 is 56.5 Å². The Kier molecular flexibility index (Phi) is 6.47. The zero-order valence-corrected chi connectivity index (χ0v) is 18.7. The van der Waals surface area contributed by atoms with Crippen molar-refractivity contribution in [3.8, 4) is 5.88 Å². The predicted molar refractivity (Wildman–Crippen MR) is 109 cm³/mol. The number of amides is 1. The van der Waals surface area contributed by atoms with Gasteiger partial charge in [0, 0.05) is 44.4 Å². The fraction of sp³-hybridized carbons (Fsp3) is 0.429. The van der Waals surface area contributed by atoms with Crippen LogP contribution in [0.3, 0.4) is 0 Å². The highest BCUT2D eigenvalue weighted by Crippen LogP contribution is 2.33. The number of alkyl halides is 6. The SMILES string of the molecule is O=C1[C@@H](Oc2ccc(C(F)(F)F)cn2)C[C@H]2CN(S(=O)(=O)c3cccc(C(F)(F)F)c3)CCCN12. The summed E-state index contributed by atoms with van der Waals surface area (Å²) in [5.41, 5.74) is -2.07. The zero-order chi connectivity index (χ0) is 25.6. The van der Waals surface area contributed by atoms with Crippen LogP contribution in [0.15, 0.2) is 47.5 Å². The van der Waals surface area contributed by atoms with Crippen molar-refractivity contribution in [1.29, 1.82) is 0 Å². The Balaban J connectivity index is 1.50. The number of rotatable bonds is 4. The van der Waals surface area contributed by atoms with Crippen molar-refractivity contribution >= 4 is 15.9 Å². The van der Waals surface area contributed by atoms with Crippen LogP contribution in [-0.4, -0.2) is 60.3 Å². The van der Waals surface area contributed by atoms with Crippen LogP contribution in [0, 0.1) is 0 Å². The highest BCUT2D eigenvalue weighted by atomic mass is 32.2. The van der Waals surface area contributed by atoms with Gasteiger partial charge < -0.3 is 9.64 Å². The third-order valence-corrected chi connectivity index (χ3v) is 7.69. The van der Waals surface area contributed by atoms with Gasteiger partial charge in [0.1, 0.15) is 0 Å². The van der Waals surface area contributed by atoms with Gasteiger partial charge in [-0.3, -0.25) is 4.79 Å². The van der Waals surface area contributed by atoms with E-state index in [2.05, 4.69) is 4.98 Å². The van der Waals surface area contributed by atoms with Crippen LogP contribution in [0.4, 0.5) is 26.3 Å². The quantitative estimate of drug-likeness (QED) is 0.573. The lowest BCUT2D eigenvalue weighted by Gasteiger charge is -2.25. The highest BCUT2D eigenvalue weighted by molar-refractivity contribution is 7.89. The van der Waals surface area contributed by atoms with E-state index in [0.29, 0.717) is 12.3 Å². The number of aromatic nitrogens is 1. The molecule has 0 bridgehead atoms. The van der Waals surface area contributed by atoms with Gasteiger partial charge in [-0.2, -0.15) is 30.6 Å². The van der Waals surface area contributed by atoms with Crippen molar-refractivity contribution in [1.82, 2.24) is 14.2 Å². The Hall–Kier alpha value is -2.87. The van der Waals surface area contributed by atoms with Gasteiger partial charge in [-0.25, -0.2) is 13.4 Å². The summed E-state index contributed by atoms with van der Waals surface area (Å²) in [5, 5.41) is 0. The molecule has 1 amide bonds. The van der Waals surface area contributed by atoms with Crippen LogP contribution in [0.25, 0.3) is 0 Å². The van der Waals surface area contributed by atoms with E-state index in [4.69, 9.17) is 4.74 Å². The maximum atomic E-state index is 13.1. The van der Waals surface area contributed by atoms with Crippen molar-refractivity contribution in [2.24, 2.45) is 0 Å². The lowest BCUT2D eigenvalue weighted by atomic mass is 10.2. The maximum absolute atomic E-state index is 13.1. The van der Waals surface area contributed by atoms with E-state index in [-0.39, 0.29) is 38.4 Å². The van der Waals surface area contributed by atoms with Gasteiger partial charge in [0.15, 0.2) is 6.10 Å². The van der Waals surface area contributed by atoms with Gasteiger partial charge in [0.05, 0.1) is 16.0 Å². The Labute approximate surface area is 196 Å². The molecule has 2 aliphatic heterocycles. The Bertz CT molecular complexity index is 1200. The summed E-state index contributed by atoms with van der Waals surface area (Å²) in [6, 6.07) is 4.57. The highest BCUT2D eigenvalue weighted by Gasteiger charge is 2.45. The third-order valence-electron chi connectivity index (χ3n) is 5.83. The molecule has 1 aromatic carbocycles. The molecule has 190 valence electrons. The van der Waals surface area contributed by atoms with Crippen LogP contribution in [0.5, 0.6) is 5.88 Å². The summed E-state index contributed by atoms with van der Waals surface area (Å²) in [4.78, 5) is 17.3. The molecule has 1 aromatic heterocycles. The normalized spacial score (nSPS) is 22.1. The van der Waals surface area contributed by atoms with Gasteiger partial charge >= 0.3 is 12.4 Å². The molecule has 4 rings (SSSR count). The average molecular weight is 523 g/mol. The molecule has 0 unspecified atom stereocenters. The van der Waals surface area contributed by atoms with Gasteiger partial charge in [0.25, 0.3) is 5.91 Å². The summed E-state index contributed by atoms with van der Waals surface area (Å²) < 4.78 is 110. The van der Waals surface area contributed by atoms with E-state index >= 15 is 0 Å². The zero-order valence-electron chi connectivity index (χ0n) is 17.9. The molecule has 0 radical (unpaired) electrons. The van der Waals surface area contributed by atoms with E-state index in [0.717, 1.165) is 34.6 Å². The summed E-state index contributed by atoms with van der Waals surface area (Å²) >= 11 is 0. The van der Waals surface area contributed by atoms with Gasteiger partial charge in [-0.1, -0.05) is 6.07 Å².